The van der Waals surface area contributed by atoms with Gasteiger partial charge in [-0.15, -0.1) is 4.52 Å². The lowest BCUT2D eigenvalue weighted by atomic mass is 10.2. The predicted molar refractivity (Wildman–Crippen MR) is 64.1 cm³/mol. The first-order chi connectivity index (χ1) is 7.25. The molecule has 0 spiro atoms. The minimum Gasteiger partial charge on any atom is -0.178 e. The largest absolute Gasteiger partial charge is 0.178 e. The topological polar surface area (TPSA) is 24.7 Å². The van der Waals surface area contributed by atoms with Crippen LogP contribution < -0.4 is 0 Å². The smallest absolute Gasteiger partial charge is 0.0719 e. The molecule has 1 aromatic carbocycles. The Labute approximate surface area is 95.3 Å². The molecule has 1 aliphatic rings. The summed E-state index contributed by atoms with van der Waals surface area (Å²) >= 11 is 1.46. The van der Waals surface area contributed by atoms with Crippen LogP contribution in [0.2, 0.25) is 0 Å². The Morgan fingerprint density at radius 1 is 1.27 bits per heavy atom. The molecule has 2 rings (SSSR count). The SMILES string of the molecule is Cc1ccc(SN=NC(C)C2CC2)cc1. The molecule has 0 saturated heterocycles. The third kappa shape index (κ3) is 3.34. The number of hydrogen-bond acceptors (Lipinski definition) is 3. The van der Waals surface area contributed by atoms with Crippen molar-refractivity contribution in [3.63, 3.8) is 0 Å². The van der Waals surface area contributed by atoms with Crippen molar-refractivity contribution in [2.45, 2.75) is 37.6 Å². The molecule has 1 atom stereocenters. The van der Waals surface area contributed by atoms with Crippen LogP contribution in [0, 0.1) is 12.8 Å². The standard InChI is InChI=1S/C12H16N2S/c1-9-3-7-12(8-4-9)15-14-13-10(2)11-5-6-11/h3-4,7-8,10-11H,5-6H2,1-2H3. The summed E-state index contributed by atoms with van der Waals surface area (Å²) in [6.45, 7) is 4.24. The third-order valence-electron chi connectivity index (χ3n) is 2.70. The van der Waals surface area contributed by atoms with E-state index in [1.807, 2.05) is 0 Å². The van der Waals surface area contributed by atoms with Gasteiger partial charge in [0.25, 0.3) is 0 Å². The van der Waals surface area contributed by atoms with Gasteiger partial charge >= 0.3 is 0 Å². The molecule has 0 aromatic heterocycles. The first kappa shape index (κ1) is 10.7. The fourth-order valence-electron chi connectivity index (χ4n) is 1.42. The van der Waals surface area contributed by atoms with Crippen LogP contribution in [0.3, 0.4) is 0 Å². The van der Waals surface area contributed by atoms with Gasteiger partial charge in [-0.3, -0.25) is 0 Å². The highest BCUT2D eigenvalue weighted by Gasteiger charge is 2.27. The molecular weight excluding hydrogens is 204 g/mol. The fraction of sp³-hybridized carbons (Fsp3) is 0.500. The molecule has 1 fully saturated rings. The van der Waals surface area contributed by atoms with E-state index < -0.39 is 0 Å². The van der Waals surface area contributed by atoms with Crippen LogP contribution >= 0.6 is 11.9 Å². The summed E-state index contributed by atoms with van der Waals surface area (Å²) in [7, 11) is 0. The van der Waals surface area contributed by atoms with Gasteiger partial charge in [-0.1, -0.05) is 17.7 Å². The molecule has 3 heteroatoms. The van der Waals surface area contributed by atoms with Gasteiger partial charge in [0, 0.05) is 16.8 Å². The molecule has 15 heavy (non-hydrogen) atoms. The molecule has 2 nitrogen and oxygen atoms in total. The van der Waals surface area contributed by atoms with Gasteiger partial charge in [-0.2, -0.15) is 5.11 Å². The van der Waals surface area contributed by atoms with Crippen molar-refractivity contribution < 1.29 is 0 Å². The summed E-state index contributed by atoms with van der Waals surface area (Å²) in [6, 6.07) is 8.77. The van der Waals surface area contributed by atoms with Crippen LogP contribution in [0.1, 0.15) is 25.3 Å². The zero-order valence-electron chi connectivity index (χ0n) is 9.18. The Morgan fingerprint density at radius 2 is 1.93 bits per heavy atom. The van der Waals surface area contributed by atoms with E-state index in [1.54, 1.807) is 0 Å². The van der Waals surface area contributed by atoms with E-state index in [4.69, 9.17) is 0 Å². The zero-order valence-corrected chi connectivity index (χ0v) is 10.00. The van der Waals surface area contributed by atoms with Gasteiger partial charge in [-0.05, 0) is 44.7 Å². The summed E-state index contributed by atoms with van der Waals surface area (Å²) in [5.74, 6) is 0.798. The zero-order chi connectivity index (χ0) is 10.7. The van der Waals surface area contributed by atoms with Gasteiger partial charge in [0.2, 0.25) is 0 Å². The van der Waals surface area contributed by atoms with Crippen molar-refractivity contribution in [3.8, 4) is 0 Å². The molecule has 1 unspecified atom stereocenters. The Hall–Kier alpha value is -0.830. The van der Waals surface area contributed by atoms with Crippen LogP contribution in [0.4, 0.5) is 0 Å². The highest BCUT2D eigenvalue weighted by molar-refractivity contribution is 7.97. The van der Waals surface area contributed by atoms with E-state index in [2.05, 4.69) is 47.7 Å². The van der Waals surface area contributed by atoms with E-state index >= 15 is 0 Å². The van der Waals surface area contributed by atoms with E-state index in [0.29, 0.717) is 6.04 Å². The summed E-state index contributed by atoms with van der Waals surface area (Å²) in [5.41, 5.74) is 1.28. The van der Waals surface area contributed by atoms with Gasteiger partial charge in [-0.25, -0.2) is 0 Å². The van der Waals surface area contributed by atoms with Crippen molar-refractivity contribution in [2.24, 2.45) is 15.6 Å². The maximum absolute atomic E-state index is 4.29. The summed E-state index contributed by atoms with van der Waals surface area (Å²) in [5, 5.41) is 4.29. The van der Waals surface area contributed by atoms with Crippen LogP contribution in [0.25, 0.3) is 0 Å². The second-order valence-electron chi connectivity index (χ2n) is 4.18. The van der Waals surface area contributed by atoms with E-state index in [9.17, 15) is 0 Å². The first-order valence-corrected chi connectivity index (χ1v) is 6.17. The second-order valence-corrected chi connectivity index (χ2v) is 5.00. The molecular formula is C12H16N2S. The quantitative estimate of drug-likeness (QED) is 0.550. The van der Waals surface area contributed by atoms with Crippen LogP contribution in [0.5, 0.6) is 0 Å². The Kier molecular flexibility index (Phi) is 3.41. The van der Waals surface area contributed by atoms with Crippen molar-refractivity contribution >= 4 is 11.9 Å². The van der Waals surface area contributed by atoms with E-state index in [1.165, 1.54) is 30.4 Å². The lowest BCUT2D eigenvalue weighted by Crippen LogP contribution is -1.97. The number of rotatable bonds is 4. The van der Waals surface area contributed by atoms with Crippen LogP contribution in [-0.2, 0) is 0 Å². The van der Waals surface area contributed by atoms with Crippen LogP contribution in [0.15, 0.2) is 38.8 Å². The minimum absolute atomic E-state index is 0.406. The molecule has 80 valence electrons. The number of hydrogen-bond donors (Lipinski definition) is 0. The molecule has 0 N–H and O–H groups in total. The van der Waals surface area contributed by atoms with Gasteiger partial charge in [0.15, 0.2) is 0 Å². The number of aryl methyl sites for hydroxylation is 1. The summed E-state index contributed by atoms with van der Waals surface area (Å²) in [4.78, 5) is 1.16. The molecule has 1 saturated carbocycles. The van der Waals surface area contributed by atoms with Crippen molar-refractivity contribution in [3.05, 3.63) is 29.8 Å². The lowest BCUT2D eigenvalue weighted by molar-refractivity contribution is 0.629. The molecule has 0 radical (unpaired) electrons. The van der Waals surface area contributed by atoms with Crippen molar-refractivity contribution in [2.75, 3.05) is 0 Å². The number of benzene rings is 1. The summed E-state index contributed by atoms with van der Waals surface area (Å²) < 4.78 is 4.17. The number of nitrogens with zero attached hydrogens (tertiary/aromatic N) is 2. The Morgan fingerprint density at radius 3 is 2.53 bits per heavy atom. The highest BCUT2D eigenvalue weighted by atomic mass is 32.2. The predicted octanol–water partition coefficient (Wildman–Crippen LogP) is 4.25. The first-order valence-electron chi connectivity index (χ1n) is 5.39. The maximum atomic E-state index is 4.29. The van der Waals surface area contributed by atoms with E-state index in [-0.39, 0.29) is 0 Å². The normalized spacial score (nSPS) is 18.3. The van der Waals surface area contributed by atoms with Gasteiger partial charge < -0.3 is 0 Å². The monoisotopic (exact) mass is 220 g/mol. The van der Waals surface area contributed by atoms with Gasteiger partial charge in [0.1, 0.15) is 0 Å². The molecule has 0 amide bonds. The average molecular weight is 220 g/mol. The highest BCUT2D eigenvalue weighted by Crippen LogP contribution is 2.34. The molecule has 0 aliphatic heterocycles. The van der Waals surface area contributed by atoms with Crippen molar-refractivity contribution in [1.82, 2.24) is 0 Å². The van der Waals surface area contributed by atoms with E-state index in [0.717, 1.165) is 10.8 Å². The Balaban J connectivity index is 1.83. The maximum Gasteiger partial charge on any atom is 0.0719 e. The lowest BCUT2D eigenvalue weighted by Gasteiger charge is -2.00. The fourth-order valence-corrected chi connectivity index (χ4v) is 1.97. The van der Waals surface area contributed by atoms with Crippen molar-refractivity contribution in [1.29, 1.82) is 0 Å². The van der Waals surface area contributed by atoms with Crippen LogP contribution in [-0.4, -0.2) is 6.04 Å². The minimum atomic E-state index is 0.406. The molecule has 0 heterocycles. The average Bonchev–Trinajstić information content (AvgIpc) is 3.04. The third-order valence-corrected chi connectivity index (χ3v) is 3.36. The molecule has 0 bridgehead atoms. The molecule has 1 aliphatic carbocycles. The summed E-state index contributed by atoms with van der Waals surface area (Å²) in [6.07, 6.45) is 2.66. The van der Waals surface area contributed by atoms with Gasteiger partial charge in [0.05, 0.1) is 6.04 Å². The molecule has 1 aromatic rings. The Bertz CT molecular complexity index is 341. The second kappa shape index (κ2) is 4.79.